The first-order valence-corrected chi connectivity index (χ1v) is 6.29. The number of aliphatic hydroxyl groups excluding tert-OH is 1. The van der Waals surface area contributed by atoms with E-state index in [1.54, 1.807) is 6.92 Å². The monoisotopic (exact) mass is 228 g/mol. The van der Waals surface area contributed by atoms with Crippen molar-refractivity contribution in [3.8, 4) is 0 Å². The molecule has 1 fully saturated rings. The van der Waals surface area contributed by atoms with Crippen LogP contribution in [0.3, 0.4) is 0 Å². The average Bonchev–Trinajstić information content (AvgIpc) is 2.28. The highest BCUT2D eigenvalue weighted by molar-refractivity contribution is 5.78. The lowest BCUT2D eigenvalue weighted by Gasteiger charge is -2.26. The van der Waals surface area contributed by atoms with E-state index < -0.39 is 0 Å². The van der Waals surface area contributed by atoms with Gasteiger partial charge < -0.3 is 16.2 Å². The molecule has 0 aromatic rings. The average molecular weight is 228 g/mol. The molecule has 0 bridgehead atoms. The van der Waals surface area contributed by atoms with Crippen LogP contribution in [-0.4, -0.2) is 30.2 Å². The van der Waals surface area contributed by atoms with Gasteiger partial charge >= 0.3 is 0 Å². The molecule has 4 heteroatoms. The van der Waals surface area contributed by atoms with E-state index in [-0.39, 0.29) is 17.9 Å². The number of hydrogen-bond acceptors (Lipinski definition) is 3. The van der Waals surface area contributed by atoms with E-state index in [9.17, 15) is 4.79 Å². The summed E-state index contributed by atoms with van der Waals surface area (Å²) >= 11 is 0. The van der Waals surface area contributed by atoms with E-state index in [2.05, 4.69) is 5.32 Å². The molecule has 1 aliphatic rings. The predicted molar refractivity (Wildman–Crippen MR) is 63.8 cm³/mol. The molecule has 4 N–H and O–H groups in total. The van der Waals surface area contributed by atoms with Gasteiger partial charge in [0.15, 0.2) is 0 Å². The summed E-state index contributed by atoms with van der Waals surface area (Å²) in [4.78, 5) is 11.8. The van der Waals surface area contributed by atoms with Crippen LogP contribution in [0, 0.1) is 11.8 Å². The fourth-order valence-corrected chi connectivity index (χ4v) is 2.21. The lowest BCUT2D eigenvalue weighted by molar-refractivity contribution is -0.126. The molecule has 1 amide bonds. The third kappa shape index (κ3) is 4.49. The number of hydrogen-bond donors (Lipinski definition) is 3. The molecule has 1 rings (SSSR count). The van der Waals surface area contributed by atoms with Crippen LogP contribution in [0.25, 0.3) is 0 Å². The molecule has 4 nitrogen and oxygen atoms in total. The Kier molecular flexibility index (Phi) is 5.77. The molecule has 0 radical (unpaired) electrons. The van der Waals surface area contributed by atoms with Gasteiger partial charge in [-0.2, -0.15) is 0 Å². The lowest BCUT2D eigenvalue weighted by Crippen LogP contribution is -2.35. The largest absolute Gasteiger partial charge is 0.393 e. The second-order valence-corrected chi connectivity index (χ2v) is 4.88. The summed E-state index contributed by atoms with van der Waals surface area (Å²) in [7, 11) is 0. The molecule has 1 saturated carbocycles. The van der Waals surface area contributed by atoms with E-state index in [0.717, 1.165) is 32.2 Å². The van der Waals surface area contributed by atoms with Crippen molar-refractivity contribution in [1.29, 1.82) is 0 Å². The van der Waals surface area contributed by atoms with Crippen molar-refractivity contribution in [2.24, 2.45) is 17.6 Å². The summed E-state index contributed by atoms with van der Waals surface area (Å²) < 4.78 is 0. The highest BCUT2D eigenvalue weighted by Crippen LogP contribution is 2.28. The Bertz CT molecular complexity index is 211. The van der Waals surface area contributed by atoms with E-state index in [4.69, 9.17) is 10.8 Å². The summed E-state index contributed by atoms with van der Waals surface area (Å²) in [5.41, 5.74) is 5.61. The van der Waals surface area contributed by atoms with E-state index in [1.165, 1.54) is 0 Å². The Labute approximate surface area is 97.6 Å². The molecule has 0 spiro atoms. The van der Waals surface area contributed by atoms with Gasteiger partial charge in [0.2, 0.25) is 5.91 Å². The van der Waals surface area contributed by atoms with E-state index in [0.29, 0.717) is 18.9 Å². The number of carbonyl (C=O) groups excluding carboxylic acids is 1. The summed E-state index contributed by atoms with van der Waals surface area (Å²) in [5.74, 6) is 0.925. The van der Waals surface area contributed by atoms with Crippen molar-refractivity contribution in [1.82, 2.24) is 5.32 Å². The Hall–Kier alpha value is -0.610. The molecule has 16 heavy (non-hydrogen) atoms. The number of carbonyl (C=O) groups is 1. The van der Waals surface area contributed by atoms with Gasteiger partial charge in [-0.1, -0.05) is 0 Å². The smallest absolute Gasteiger partial charge is 0.223 e. The Morgan fingerprint density at radius 2 is 2.06 bits per heavy atom. The second-order valence-electron chi connectivity index (χ2n) is 4.88. The number of nitrogens with two attached hydrogens (primary N) is 1. The van der Waals surface area contributed by atoms with Crippen molar-refractivity contribution in [3.05, 3.63) is 0 Å². The normalized spacial score (nSPS) is 27.4. The second kappa shape index (κ2) is 6.86. The van der Waals surface area contributed by atoms with E-state index >= 15 is 0 Å². The van der Waals surface area contributed by atoms with Gasteiger partial charge in [0.05, 0.1) is 6.10 Å². The lowest BCUT2D eigenvalue weighted by atomic mass is 9.81. The summed E-state index contributed by atoms with van der Waals surface area (Å²) in [6, 6.07) is 0. The zero-order valence-corrected chi connectivity index (χ0v) is 10.1. The van der Waals surface area contributed by atoms with Crippen molar-refractivity contribution in [2.45, 2.75) is 45.1 Å². The summed E-state index contributed by atoms with van der Waals surface area (Å²) in [6.07, 6.45) is 4.36. The quantitative estimate of drug-likeness (QED) is 0.646. The first kappa shape index (κ1) is 13.5. The highest BCUT2D eigenvalue weighted by Gasteiger charge is 2.25. The minimum absolute atomic E-state index is 0.149. The number of amides is 1. The molecular formula is C12H24N2O2. The van der Waals surface area contributed by atoms with Crippen LogP contribution in [0.2, 0.25) is 0 Å². The van der Waals surface area contributed by atoms with Crippen LogP contribution in [0.1, 0.15) is 39.0 Å². The molecule has 1 unspecified atom stereocenters. The highest BCUT2D eigenvalue weighted by atomic mass is 16.3. The third-order valence-corrected chi connectivity index (χ3v) is 3.41. The van der Waals surface area contributed by atoms with Gasteiger partial charge in [0, 0.05) is 12.5 Å². The molecule has 1 atom stereocenters. The molecule has 1 aliphatic carbocycles. The zero-order chi connectivity index (χ0) is 12.0. The van der Waals surface area contributed by atoms with Gasteiger partial charge in [-0.15, -0.1) is 0 Å². The van der Waals surface area contributed by atoms with Crippen molar-refractivity contribution >= 4 is 5.91 Å². The zero-order valence-electron chi connectivity index (χ0n) is 10.1. The third-order valence-electron chi connectivity index (χ3n) is 3.41. The number of aliphatic hydroxyl groups is 1. The summed E-state index contributed by atoms with van der Waals surface area (Å²) in [5, 5.41) is 12.0. The first-order chi connectivity index (χ1) is 7.63. The minimum Gasteiger partial charge on any atom is -0.393 e. The maximum atomic E-state index is 11.8. The van der Waals surface area contributed by atoms with Gasteiger partial charge in [-0.25, -0.2) is 0 Å². The Balaban J connectivity index is 2.18. The molecular weight excluding hydrogens is 204 g/mol. The SMILES string of the molecule is CC(O)CCNC(=O)C1CCC(CN)CC1. The summed E-state index contributed by atoms with van der Waals surface area (Å²) in [6.45, 7) is 3.06. The topological polar surface area (TPSA) is 75.3 Å². The fourth-order valence-electron chi connectivity index (χ4n) is 2.21. The Morgan fingerprint density at radius 3 is 2.56 bits per heavy atom. The van der Waals surface area contributed by atoms with Crippen LogP contribution >= 0.6 is 0 Å². The molecule has 94 valence electrons. The standard InChI is InChI=1S/C12H24N2O2/c1-9(15)6-7-14-12(16)11-4-2-10(8-13)3-5-11/h9-11,15H,2-8,13H2,1H3,(H,14,16). The molecule has 0 aromatic heterocycles. The van der Waals surface area contributed by atoms with Crippen LogP contribution in [0.15, 0.2) is 0 Å². The van der Waals surface area contributed by atoms with E-state index in [1.807, 2.05) is 0 Å². The predicted octanol–water partition coefficient (Wildman–Crippen LogP) is 0.639. The van der Waals surface area contributed by atoms with Crippen LogP contribution in [0.4, 0.5) is 0 Å². The van der Waals surface area contributed by atoms with Gasteiger partial charge in [0.1, 0.15) is 0 Å². The van der Waals surface area contributed by atoms with Gasteiger partial charge in [-0.05, 0) is 51.5 Å². The van der Waals surface area contributed by atoms with Gasteiger partial charge in [0.25, 0.3) is 0 Å². The van der Waals surface area contributed by atoms with Crippen LogP contribution in [-0.2, 0) is 4.79 Å². The van der Waals surface area contributed by atoms with Crippen molar-refractivity contribution in [3.63, 3.8) is 0 Å². The number of rotatable bonds is 5. The fraction of sp³-hybridized carbons (Fsp3) is 0.917. The number of nitrogens with one attached hydrogen (secondary N) is 1. The minimum atomic E-state index is -0.340. The van der Waals surface area contributed by atoms with Crippen molar-refractivity contribution < 1.29 is 9.90 Å². The van der Waals surface area contributed by atoms with Crippen molar-refractivity contribution in [2.75, 3.05) is 13.1 Å². The Morgan fingerprint density at radius 1 is 1.44 bits per heavy atom. The molecule has 0 aromatic carbocycles. The molecule has 0 heterocycles. The molecule has 0 aliphatic heterocycles. The maximum absolute atomic E-state index is 11.8. The van der Waals surface area contributed by atoms with Crippen LogP contribution < -0.4 is 11.1 Å². The first-order valence-electron chi connectivity index (χ1n) is 6.29. The maximum Gasteiger partial charge on any atom is 0.223 e. The van der Waals surface area contributed by atoms with Crippen LogP contribution in [0.5, 0.6) is 0 Å². The molecule has 0 saturated heterocycles. The van der Waals surface area contributed by atoms with Gasteiger partial charge in [-0.3, -0.25) is 4.79 Å².